The van der Waals surface area contributed by atoms with Gasteiger partial charge >= 0.3 is 5.97 Å². The lowest BCUT2D eigenvalue weighted by Crippen LogP contribution is -2.42. The molecule has 0 aromatic heterocycles. The molecule has 1 amide bonds. The van der Waals surface area contributed by atoms with Crippen LogP contribution in [0.1, 0.15) is 13.8 Å². The molecule has 0 aliphatic rings. The number of nitrogens with one attached hydrogen (secondary N) is 2. The molecule has 0 saturated heterocycles. The predicted molar refractivity (Wildman–Crippen MR) is 113 cm³/mol. The number of hydrogen-bond acceptors (Lipinski definition) is 6. The highest BCUT2D eigenvalue weighted by Gasteiger charge is 2.26. The molecule has 11 heteroatoms. The molecule has 2 N–H and O–H groups in total. The summed E-state index contributed by atoms with van der Waals surface area (Å²) in [5, 5.41) is 2.89. The lowest BCUT2D eigenvalue weighted by atomic mass is 10.3. The number of carbonyl (C=O) groups excluding carboxylic acids is 2. The summed E-state index contributed by atoms with van der Waals surface area (Å²) in [4.78, 5) is 24.5. The van der Waals surface area contributed by atoms with Crippen molar-refractivity contribution < 1.29 is 27.5 Å². The maximum absolute atomic E-state index is 12.4. The first-order valence-corrected chi connectivity index (χ1v) is 10.9. The average Bonchev–Trinajstić information content (AvgIpc) is 2.70. The van der Waals surface area contributed by atoms with Crippen LogP contribution in [0.2, 0.25) is 10.0 Å². The van der Waals surface area contributed by atoms with Crippen LogP contribution in [-0.2, 0) is 24.3 Å². The third kappa shape index (κ3) is 6.09. The van der Waals surface area contributed by atoms with Crippen LogP contribution in [0.3, 0.4) is 0 Å². The summed E-state index contributed by atoms with van der Waals surface area (Å²) in [6.07, 6.45) is -1.21. The van der Waals surface area contributed by atoms with Gasteiger partial charge in [-0.2, -0.15) is 4.72 Å². The zero-order valence-electron chi connectivity index (χ0n) is 16.3. The third-order valence-electron chi connectivity index (χ3n) is 3.93. The molecule has 2 aromatic rings. The highest BCUT2D eigenvalue weighted by atomic mass is 35.5. The largest absolute Gasteiger partial charge is 0.497 e. The monoisotopic (exact) mass is 474 g/mol. The molecular formula is C19H20Cl2N2O6S. The van der Waals surface area contributed by atoms with Gasteiger partial charge in [0.05, 0.1) is 27.7 Å². The van der Waals surface area contributed by atoms with Crippen LogP contribution in [0.4, 0.5) is 5.69 Å². The number of anilines is 1. The molecule has 0 aliphatic carbocycles. The van der Waals surface area contributed by atoms with E-state index in [-0.39, 0.29) is 20.6 Å². The highest BCUT2D eigenvalue weighted by molar-refractivity contribution is 7.89. The summed E-state index contributed by atoms with van der Waals surface area (Å²) in [5.41, 5.74) is 0.255. The highest BCUT2D eigenvalue weighted by Crippen LogP contribution is 2.29. The minimum atomic E-state index is -3.98. The van der Waals surface area contributed by atoms with Gasteiger partial charge in [-0.05, 0) is 50.2 Å². The Hall–Kier alpha value is -2.33. The first kappa shape index (κ1) is 23.9. The van der Waals surface area contributed by atoms with Crippen LogP contribution in [0.15, 0.2) is 47.4 Å². The van der Waals surface area contributed by atoms with Gasteiger partial charge in [0.15, 0.2) is 6.10 Å². The Morgan fingerprint density at radius 2 is 1.67 bits per heavy atom. The number of sulfonamides is 1. The van der Waals surface area contributed by atoms with Crippen molar-refractivity contribution in [1.29, 1.82) is 0 Å². The zero-order valence-corrected chi connectivity index (χ0v) is 18.6. The molecule has 0 saturated carbocycles. The van der Waals surface area contributed by atoms with Crippen LogP contribution >= 0.6 is 23.2 Å². The smallest absolute Gasteiger partial charge is 0.324 e. The molecule has 0 aliphatic heterocycles. The van der Waals surface area contributed by atoms with E-state index in [0.29, 0.717) is 5.75 Å². The topological polar surface area (TPSA) is 111 Å². The SMILES string of the molecule is COc1ccc(S(=O)(=O)N[C@@H](C)C(=O)OC(C)C(=O)Nc2cccc(Cl)c2Cl)cc1. The molecule has 30 heavy (non-hydrogen) atoms. The molecule has 2 rings (SSSR count). The molecular weight excluding hydrogens is 455 g/mol. The van der Waals surface area contributed by atoms with Gasteiger partial charge in [0, 0.05) is 0 Å². The maximum Gasteiger partial charge on any atom is 0.324 e. The first-order chi connectivity index (χ1) is 14.0. The fraction of sp³-hybridized carbons (Fsp3) is 0.263. The van der Waals surface area contributed by atoms with Crippen molar-refractivity contribution in [3.8, 4) is 5.75 Å². The summed E-state index contributed by atoms with van der Waals surface area (Å²) in [7, 11) is -2.53. The number of amides is 1. The Kier molecular flexibility index (Phi) is 8.08. The van der Waals surface area contributed by atoms with Gasteiger partial charge in [0.1, 0.15) is 11.8 Å². The average molecular weight is 475 g/mol. The van der Waals surface area contributed by atoms with Crippen LogP contribution in [0.25, 0.3) is 0 Å². The molecule has 2 atom stereocenters. The zero-order chi connectivity index (χ0) is 22.5. The number of hydrogen-bond donors (Lipinski definition) is 2. The van der Waals surface area contributed by atoms with Gasteiger partial charge in [-0.25, -0.2) is 8.42 Å². The van der Waals surface area contributed by atoms with Crippen molar-refractivity contribution in [2.45, 2.75) is 30.9 Å². The van der Waals surface area contributed by atoms with Crippen molar-refractivity contribution in [3.05, 3.63) is 52.5 Å². The summed E-state index contributed by atoms with van der Waals surface area (Å²) in [5.74, 6) is -1.09. The van der Waals surface area contributed by atoms with Crippen LogP contribution < -0.4 is 14.8 Å². The van der Waals surface area contributed by atoms with E-state index < -0.39 is 34.0 Å². The fourth-order valence-electron chi connectivity index (χ4n) is 2.27. The van der Waals surface area contributed by atoms with E-state index >= 15 is 0 Å². The maximum atomic E-state index is 12.4. The minimum absolute atomic E-state index is 0.0515. The molecule has 1 unspecified atom stereocenters. The number of benzene rings is 2. The van der Waals surface area contributed by atoms with Crippen molar-refractivity contribution in [2.24, 2.45) is 0 Å². The quantitative estimate of drug-likeness (QED) is 0.568. The second kappa shape index (κ2) is 10.1. The molecule has 0 spiro atoms. The Balaban J connectivity index is 1.98. The number of methoxy groups -OCH3 is 1. The van der Waals surface area contributed by atoms with Gasteiger partial charge in [-0.1, -0.05) is 29.3 Å². The Labute approximate surface area is 184 Å². The van der Waals surface area contributed by atoms with E-state index in [2.05, 4.69) is 10.0 Å². The molecule has 0 bridgehead atoms. The standard InChI is InChI=1S/C19H20Cl2N2O6S/c1-11(23-30(26,27)14-9-7-13(28-3)8-10-14)19(25)29-12(2)18(24)22-16-6-4-5-15(20)17(16)21/h4-12,23H,1-3H3,(H,22,24)/t11-,12?/m0/s1. The van der Waals surface area contributed by atoms with Gasteiger partial charge in [0.2, 0.25) is 10.0 Å². The van der Waals surface area contributed by atoms with E-state index in [9.17, 15) is 18.0 Å². The number of ether oxygens (including phenoxy) is 2. The van der Waals surface area contributed by atoms with Crippen LogP contribution in [-0.4, -0.2) is 39.5 Å². The minimum Gasteiger partial charge on any atom is -0.497 e. The van der Waals surface area contributed by atoms with Gasteiger partial charge < -0.3 is 14.8 Å². The van der Waals surface area contributed by atoms with E-state index in [1.807, 2.05) is 0 Å². The number of esters is 1. The summed E-state index contributed by atoms with van der Waals surface area (Å²) in [6.45, 7) is 2.65. The van der Waals surface area contributed by atoms with Crippen molar-refractivity contribution in [2.75, 3.05) is 12.4 Å². The molecule has 0 heterocycles. The van der Waals surface area contributed by atoms with Crippen LogP contribution in [0, 0.1) is 0 Å². The second-order valence-corrected chi connectivity index (χ2v) is 8.69. The van der Waals surface area contributed by atoms with Crippen molar-refractivity contribution in [1.82, 2.24) is 4.72 Å². The molecule has 0 radical (unpaired) electrons. The van der Waals surface area contributed by atoms with E-state index in [4.69, 9.17) is 32.7 Å². The van der Waals surface area contributed by atoms with Crippen molar-refractivity contribution in [3.63, 3.8) is 0 Å². The summed E-state index contributed by atoms with van der Waals surface area (Å²) in [6, 6.07) is 9.08. The van der Waals surface area contributed by atoms with Gasteiger partial charge in [0.25, 0.3) is 5.91 Å². The predicted octanol–water partition coefficient (Wildman–Crippen LogP) is 3.24. The lowest BCUT2D eigenvalue weighted by molar-refractivity contribution is -0.154. The summed E-state index contributed by atoms with van der Waals surface area (Å²) < 4.78 is 37.1. The molecule has 8 nitrogen and oxygen atoms in total. The molecule has 0 fully saturated rings. The number of carbonyl (C=O) groups is 2. The van der Waals surface area contributed by atoms with Crippen LogP contribution in [0.5, 0.6) is 5.75 Å². The number of rotatable bonds is 8. The fourth-order valence-corrected chi connectivity index (χ4v) is 3.81. The molecule has 162 valence electrons. The lowest BCUT2D eigenvalue weighted by Gasteiger charge is -2.18. The third-order valence-corrected chi connectivity index (χ3v) is 6.30. The van der Waals surface area contributed by atoms with E-state index in [1.54, 1.807) is 12.1 Å². The van der Waals surface area contributed by atoms with Gasteiger partial charge in [-0.15, -0.1) is 0 Å². The molecule has 2 aromatic carbocycles. The Morgan fingerprint density at radius 1 is 1.03 bits per heavy atom. The summed E-state index contributed by atoms with van der Waals surface area (Å²) >= 11 is 11.9. The van der Waals surface area contributed by atoms with E-state index in [1.165, 1.54) is 51.3 Å². The normalized spacial score (nSPS) is 13.2. The van der Waals surface area contributed by atoms with Gasteiger partial charge in [-0.3, -0.25) is 9.59 Å². The Bertz CT molecular complexity index is 1030. The Morgan fingerprint density at radius 3 is 2.27 bits per heavy atom. The van der Waals surface area contributed by atoms with Crippen molar-refractivity contribution >= 4 is 50.8 Å². The number of halogens is 2. The first-order valence-electron chi connectivity index (χ1n) is 8.67. The second-order valence-electron chi connectivity index (χ2n) is 6.19. The van der Waals surface area contributed by atoms with E-state index in [0.717, 1.165) is 0 Å².